The summed E-state index contributed by atoms with van der Waals surface area (Å²) in [4.78, 5) is 9.57. The molecule has 1 aliphatic heterocycles. The Morgan fingerprint density at radius 2 is 1.88 bits per heavy atom. The van der Waals surface area contributed by atoms with Gasteiger partial charge in [0, 0.05) is 12.8 Å². The van der Waals surface area contributed by atoms with Crippen molar-refractivity contribution in [1.29, 1.82) is 0 Å². The monoisotopic (exact) mass is 116 g/mol. The van der Waals surface area contributed by atoms with Gasteiger partial charge in [0.05, 0.1) is 0 Å². The van der Waals surface area contributed by atoms with Gasteiger partial charge in [0.15, 0.2) is 0 Å². The third kappa shape index (κ3) is 1.01. The Labute approximate surface area is 49.7 Å². The van der Waals surface area contributed by atoms with Crippen LogP contribution in [0, 0.1) is 0 Å². The molecule has 0 unspecified atom stereocenters. The van der Waals surface area contributed by atoms with Gasteiger partial charge in [0.2, 0.25) is 5.79 Å². The van der Waals surface area contributed by atoms with Crippen molar-refractivity contribution < 1.29 is 9.78 Å². The van der Waals surface area contributed by atoms with Gasteiger partial charge in [-0.3, -0.25) is 0 Å². The molecule has 1 rings (SSSR count). The summed E-state index contributed by atoms with van der Waals surface area (Å²) in [6.07, 6.45) is 3.14. The highest BCUT2D eigenvalue weighted by molar-refractivity contribution is 4.70. The average Bonchev–Trinajstić information content (AvgIpc) is 2.50. The molecule has 1 heterocycles. The van der Waals surface area contributed by atoms with Crippen LogP contribution < -0.4 is 0 Å². The lowest BCUT2D eigenvalue weighted by molar-refractivity contribution is 0.0850. The smallest absolute Gasteiger partial charge is 0.195 e. The lowest BCUT2D eigenvalue weighted by Gasteiger charge is -1.97. The van der Waals surface area contributed by atoms with E-state index in [9.17, 15) is 0 Å². The van der Waals surface area contributed by atoms with Crippen molar-refractivity contribution in [3.05, 3.63) is 0 Å². The summed E-state index contributed by atoms with van der Waals surface area (Å²) in [6, 6.07) is 0. The Morgan fingerprint density at radius 3 is 2.00 bits per heavy atom. The normalized spacial score (nSPS) is 23.2. The molecule has 1 saturated heterocycles. The molecule has 48 valence electrons. The van der Waals surface area contributed by atoms with E-state index in [2.05, 4.69) is 13.8 Å². The highest BCUT2D eigenvalue weighted by Crippen LogP contribution is 2.37. The summed E-state index contributed by atoms with van der Waals surface area (Å²) in [6.45, 7) is 4.20. The predicted molar refractivity (Wildman–Crippen MR) is 30.1 cm³/mol. The number of rotatable bonds is 3. The minimum absolute atomic E-state index is 0.158. The van der Waals surface area contributed by atoms with Crippen LogP contribution in [0.5, 0.6) is 0 Å². The summed E-state index contributed by atoms with van der Waals surface area (Å²) in [7, 11) is 0. The van der Waals surface area contributed by atoms with E-state index in [1.54, 1.807) is 0 Å². The fourth-order valence-electron chi connectivity index (χ4n) is 0.818. The highest BCUT2D eigenvalue weighted by atomic mass is 17.4. The molecule has 8 heavy (non-hydrogen) atoms. The standard InChI is InChI=1S/C6H12O2/c1-3-5-6(4-2)7-8-6/h3-5H2,1-2H3. The molecule has 1 fully saturated rings. The number of hydrogen-bond donors (Lipinski definition) is 0. The van der Waals surface area contributed by atoms with Crippen LogP contribution in [0.15, 0.2) is 0 Å². The third-order valence-electron chi connectivity index (χ3n) is 1.49. The van der Waals surface area contributed by atoms with Crippen LogP contribution in [0.4, 0.5) is 0 Å². The van der Waals surface area contributed by atoms with Gasteiger partial charge in [-0.2, -0.15) is 9.78 Å². The van der Waals surface area contributed by atoms with Gasteiger partial charge in [-0.05, 0) is 0 Å². The largest absolute Gasteiger partial charge is 0.234 e. The molecule has 0 aromatic carbocycles. The lowest BCUT2D eigenvalue weighted by atomic mass is 10.1. The van der Waals surface area contributed by atoms with Gasteiger partial charge in [-0.25, -0.2) is 0 Å². The van der Waals surface area contributed by atoms with E-state index >= 15 is 0 Å². The molecule has 0 aliphatic carbocycles. The maximum atomic E-state index is 4.79. The molecule has 2 nitrogen and oxygen atoms in total. The third-order valence-corrected chi connectivity index (χ3v) is 1.49. The fourth-order valence-corrected chi connectivity index (χ4v) is 0.818. The second-order valence-electron chi connectivity index (χ2n) is 2.18. The van der Waals surface area contributed by atoms with Crippen molar-refractivity contribution in [2.24, 2.45) is 0 Å². The number of hydrogen-bond acceptors (Lipinski definition) is 2. The van der Waals surface area contributed by atoms with E-state index in [0.717, 1.165) is 19.3 Å². The first kappa shape index (κ1) is 6.05. The molecular formula is C6H12O2. The maximum absolute atomic E-state index is 4.79. The van der Waals surface area contributed by atoms with Crippen molar-refractivity contribution in [3.63, 3.8) is 0 Å². The Kier molecular flexibility index (Phi) is 1.54. The van der Waals surface area contributed by atoms with Crippen LogP contribution in [0.3, 0.4) is 0 Å². The molecule has 0 aromatic rings. The van der Waals surface area contributed by atoms with Crippen LogP contribution in [0.1, 0.15) is 33.1 Å². The van der Waals surface area contributed by atoms with Crippen LogP contribution in [-0.2, 0) is 9.78 Å². The Hall–Kier alpha value is -0.0800. The van der Waals surface area contributed by atoms with Crippen LogP contribution in [-0.4, -0.2) is 5.79 Å². The highest BCUT2D eigenvalue weighted by Gasteiger charge is 2.45. The minimum atomic E-state index is -0.158. The van der Waals surface area contributed by atoms with Crippen molar-refractivity contribution >= 4 is 0 Å². The second-order valence-corrected chi connectivity index (χ2v) is 2.18. The van der Waals surface area contributed by atoms with E-state index in [1.807, 2.05) is 0 Å². The van der Waals surface area contributed by atoms with Crippen molar-refractivity contribution in [2.45, 2.75) is 38.9 Å². The first-order chi connectivity index (χ1) is 3.83. The zero-order valence-electron chi connectivity index (χ0n) is 5.44. The summed E-state index contributed by atoms with van der Waals surface area (Å²) in [5.74, 6) is -0.158. The van der Waals surface area contributed by atoms with Gasteiger partial charge >= 0.3 is 0 Å². The molecule has 0 N–H and O–H groups in total. The van der Waals surface area contributed by atoms with Crippen molar-refractivity contribution in [3.8, 4) is 0 Å². The van der Waals surface area contributed by atoms with Crippen LogP contribution >= 0.6 is 0 Å². The fraction of sp³-hybridized carbons (Fsp3) is 1.00. The predicted octanol–water partition coefficient (Wildman–Crippen LogP) is 1.85. The zero-order valence-corrected chi connectivity index (χ0v) is 5.44. The molecule has 0 amide bonds. The van der Waals surface area contributed by atoms with Gasteiger partial charge < -0.3 is 0 Å². The van der Waals surface area contributed by atoms with E-state index in [-0.39, 0.29) is 5.79 Å². The average molecular weight is 116 g/mol. The molecule has 0 aromatic heterocycles. The summed E-state index contributed by atoms with van der Waals surface area (Å²) in [5, 5.41) is 0. The molecule has 0 spiro atoms. The SMILES string of the molecule is CCCC1(CC)OO1. The van der Waals surface area contributed by atoms with Crippen LogP contribution in [0.25, 0.3) is 0 Å². The summed E-state index contributed by atoms with van der Waals surface area (Å²) in [5.41, 5.74) is 0. The second kappa shape index (κ2) is 2.03. The maximum Gasteiger partial charge on any atom is 0.234 e. The molecule has 0 bridgehead atoms. The molecular weight excluding hydrogens is 104 g/mol. The summed E-state index contributed by atoms with van der Waals surface area (Å²) >= 11 is 0. The van der Waals surface area contributed by atoms with E-state index < -0.39 is 0 Å². The van der Waals surface area contributed by atoms with E-state index in [0.29, 0.717) is 0 Å². The van der Waals surface area contributed by atoms with Crippen molar-refractivity contribution in [1.82, 2.24) is 0 Å². The Balaban J connectivity index is 2.20. The molecule has 0 atom stereocenters. The molecule has 2 heteroatoms. The first-order valence-electron chi connectivity index (χ1n) is 3.20. The molecule has 0 saturated carbocycles. The topological polar surface area (TPSA) is 25.1 Å². The van der Waals surface area contributed by atoms with Gasteiger partial charge in [0.25, 0.3) is 0 Å². The summed E-state index contributed by atoms with van der Waals surface area (Å²) < 4.78 is 0. The van der Waals surface area contributed by atoms with Gasteiger partial charge in [0.1, 0.15) is 0 Å². The molecule has 1 aliphatic rings. The minimum Gasteiger partial charge on any atom is -0.195 e. The van der Waals surface area contributed by atoms with E-state index in [4.69, 9.17) is 9.78 Å². The molecule has 0 radical (unpaired) electrons. The Bertz CT molecular complexity index is 76.6. The Morgan fingerprint density at radius 1 is 1.25 bits per heavy atom. The van der Waals surface area contributed by atoms with Crippen molar-refractivity contribution in [2.75, 3.05) is 0 Å². The lowest BCUT2D eigenvalue weighted by Crippen LogP contribution is -2.06. The van der Waals surface area contributed by atoms with Gasteiger partial charge in [-0.1, -0.05) is 20.3 Å². The quantitative estimate of drug-likeness (QED) is 0.415. The zero-order chi connectivity index (χ0) is 6.04. The van der Waals surface area contributed by atoms with Gasteiger partial charge in [-0.15, -0.1) is 0 Å². The first-order valence-corrected chi connectivity index (χ1v) is 3.20. The van der Waals surface area contributed by atoms with E-state index in [1.165, 1.54) is 0 Å². The van der Waals surface area contributed by atoms with Crippen LogP contribution in [0.2, 0.25) is 0 Å².